The van der Waals surface area contributed by atoms with E-state index in [0.717, 1.165) is 11.4 Å². The van der Waals surface area contributed by atoms with Crippen molar-refractivity contribution < 1.29 is 4.79 Å². The van der Waals surface area contributed by atoms with Crippen molar-refractivity contribution in [1.82, 2.24) is 9.88 Å². The summed E-state index contributed by atoms with van der Waals surface area (Å²) < 4.78 is 0. The van der Waals surface area contributed by atoms with E-state index in [1.54, 1.807) is 16.8 Å². The quantitative estimate of drug-likeness (QED) is 0.708. The first kappa shape index (κ1) is 9.40. The van der Waals surface area contributed by atoms with Crippen LogP contribution in [0.15, 0.2) is 24.4 Å². The summed E-state index contributed by atoms with van der Waals surface area (Å²) >= 11 is 1.59. The number of hydrogen-bond acceptors (Lipinski definition) is 3. The Kier molecular flexibility index (Phi) is 2.63. The van der Waals surface area contributed by atoms with Gasteiger partial charge in [-0.1, -0.05) is 6.08 Å². The minimum atomic E-state index is 0.225. The maximum Gasteiger partial charge on any atom is 0.223 e. The standard InChI is InChI=1S/C10H12N2OS/c1-2-8-3-10(13)12(5-8)6-9-4-11-7-14-9/h2,4,7-8H,1,3,5-6H2. The highest BCUT2D eigenvalue weighted by Crippen LogP contribution is 2.21. The Bertz CT molecular complexity index is 334. The van der Waals surface area contributed by atoms with E-state index in [0.29, 0.717) is 18.9 Å². The third-order valence-electron chi connectivity index (χ3n) is 2.41. The monoisotopic (exact) mass is 208 g/mol. The van der Waals surface area contributed by atoms with Crippen molar-refractivity contribution in [2.75, 3.05) is 6.54 Å². The lowest BCUT2D eigenvalue weighted by molar-refractivity contribution is -0.128. The molecule has 1 aliphatic heterocycles. The number of aromatic nitrogens is 1. The fourth-order valence-electron chi connectivity index (χ4n) is 1.62. The second kappa shape index (κ2) is 3.92. The molecule has 4 heteroatoms. The van der Waals surface area contributed by atoms with Gasteiger partial charge < -0.3 is 4.90 Å². The lowest BCUT2D eigenvalue weighted by Crippen LogP contribution is -2.23. The maximum absolute atomic E-state index is 11.5. The summed E-state index contributed by atoms with van der Waals surface area (Å²) in [5.41, 5.74) is 1.79. The average Bonchev–Trinajstić information content (AvgIpc) is 2.78. The Hall–Kier alpha value is -1.16. The molecule has 2 heterocycles. The van der Waals surface area contributed by atoms with Gasteiger partial charge in [0.05, 0.1) is 12.1 Å². The van der Waals surface area contributed by atoms with Gasteiger partial charge in [0, 0.05) is 30.0 Å². The molecule has 14 heavy (non-hydrogen) atoms. The number of rotatable bonds is 3. The van der Waals surface area contributed by atoms with Crippen LogP contribution in [0.4, 0.5) is 0 Å². The number of hydrogen-bond donors (Lipinski definition) is 0. The van der Waals surface area contributed by atoms with Gasteiger partial charge in [-0.15, -0.1) is 17.9 Å². The fourth-order valence-corrected chi connectivity index (χ4v) is 2.23. The highest BCUT2D eigenvalue weighted by Gasteiger charge is 2.27. The zero-order valence-electron chi connectivity index (χ0n) is 7.85. The summed E-state index contributed by atoms with van der Waals surface area (Å²) in [5, 5.41) is 0. The molecule has 0 bridgehead atoms. The van der Waals surface area contributed by atoms with Gasteiger partial charge in [0.25, 0.3) is 0 Å². The zero-order valence-corrected chi connectivity index (χ0v) is 8.67. The number of carbonyl (C=O) groups is 1. The predicted octanol–water partition coefficient (Wildman–Crippen LogP) is 1.68. The topological polar surface area (TPSA) is 33.2 Å². The first-order valence-corrected chi connectivity index (χ1v) is 5.45. The van der Waals surface area contributed by atoms with Crippen LogP contribution in [0.25, 0.3) is 0 Å². The van der Waals surface area contributed by atoms with Crippen LogP contribution in [-0.4, -0.2) is 22.3 Å². The lowest BCUT2D eigenvalue weighted by Gasteiger charge is -2.13. The summed E-state index contributed by atoms with van der Waals surface area (Å²) in [7, 11) is 0. The van der Waals surface area contributed by atoms with Gasteiger partial charge in [-0.2, -0.15) is 0 Å². The molecular formula is C10H12N2OS. The molecule has 0 spiro atoms. The Morgan fingerprint density at radius 1 is 1.79 bits per heavy atom. The molecule has 1 atom stereocenters. The molecule has 1 saturated heterocycles. The molecule has 3 nitrogen and oxygen atoms in total. The van der Waals surface area contributed by atoms with Crippen molar-refractivity contribution in [2.24, 2.45) is 5.92 Å². The largest absolute Gasteiger partial charge is 0.337 e. The van der Waals surface area contributed by atoms with Crippen LogP contribution < -0.4 is 0 Å². The van der Waals surface area contributed by atoms with E-state index in [1.807, 2.05) is 17.2 Å². The van der Waals surface area contributed by atoms with E-state index in [1.165, 1.54) is 0 Å². The minimum Gasteiger partial charge on any atom is -0.337 e. The Morgan fingerprint density at radius 2 is 2.64 bits per heavy atom. The highest BCUT2D eigenvalue weighted by atomic mass is 32.1. The third-order valence-corrected chi connectivity index (χ3v) is 3.17. The first-order valence-electron chi connectivity index (χ1n) is 4.57. The third kappa shape index (κ3) is 1.85. The zero-order chi connectivity index (χ0) is 9.97. The summed E-state index contributed by atoms with van der Waals surface area (Å²) in [6.45, 7) is 5.23. The summed E-state index contributed by atoms with van der Waals surface area (Å²) in [6, 6.07) is 0. The average molecular weight is 208 g/mol. The Morgan fingerprint density at radius 3 is 3.21 bits per heavy atom. The van der Waals surface area contributed by atoms with Crippen molar-refractivity contribution in [3.05, 3.63) is 29.2 Å². The molecule has 1 aliphatic rings. The minimum absolute atomic E-state index is 0.225. The van der Waals surface area contributed by atoms with Crippen molar-refractivity contribution in [3.63, 3.8) is 0 Å². The fraction of sp³-hybridized carbons (Fsp3) is 0.400. The highest BCUT2D eigenvalue weighted by molar-refractivity contribution is 7.09. The molecule has 0 saturated carbocycles. The molecule has 1 aromatic heterocycles. The molecule has 1 amide bonds. The van der Waals surface area contributed by atoms with Crippen molar-refractivity contribution >= 4 is 17.2 Å². The Balaban J connectivity index is 1.99. The molecule has 2 rings (SSSR count). The Labute approximate surface area is 87.1 Å². The molecular weight excluding hydrogens is 196 g/mol. The molecule has 0 N–H and O–H groups in total. The normalized spacial score (nSPS) is 21.6. The van der Waals surface area contributed by atoms with E-state index in [9.17, 15) is 4.79 Å². The molecule has 0 aliphatic carbocycles. The number of likely N-dealkylation sites (tertiary alicyclic amines) is 1. The lowest BCUT2D eigenvalue weighted by atomic mass is 10.1. The second-order valence-corrected chi connectivity index (χ2v) is 4.41. The SMILES string of the molecule is C=CC1CC(=O)N(Cc2cncs2)C1. The van der Waals surface area contributed by atoms with Crippen LogP contribution in [-0.2, 0) is 11.3 Å². The summed E-state index contributed by atoms with van der Waals surface area (Å²) in [6.07, 6.45) is 4.30. The van der Waals surface area contributed by atoms with Gasteiger partial charge in [-0.25, -0.2) is 0 Å². The van der Waals surface area contributed by atoms with E-state index in [-0.39, 0.29) is 5.91 Å². The molecule has 74 valence electrons. The van der Waals surface area contributed by atoms with Gasteiger partial charge in [0.15, 0.2) is 0 Å². The van der Waals surface area contributed by atoms with Gasteiger partial charge in [-0.05, 0) is 0 Å². The molecule has 1 fully saturated rings. The van der Waals surface area contributed by atoms with Gasteiger partial charge >= 0.3 is 0 Å². The maximum atomic E-state index is 11.5. The van der Waals surface area contributed by atoms with E-state index >= 15 is 0 Å². The number of carbonyl (C=O) groups excluding carboxylic acids is 1. The smallest absolute Gasteiger partial charge is 0.223 e. The number of thiazole rings is 1. The van der Waals surface area contributed by atoms with E-state index in [2.05, 4.69) is 11.6 Å². The van der Waals surface area contributed by atoms with Gasteiger partial charge in [-0.3, -0.25) is 9.78 Å². The van der Waals surface area contributed by atoms with Crippen LogP contribution in [0.3, 0.4) is 0 Å². The molecule has 0 aromatic carbocycles. The van der Waals surface area contributed by atoms with Gasteiger partial charge in [0.1, 0.15) is 0 Å². The van der Waals surface area contributed by atoms with Crippen molar-refractivity contribution in [1.29, 1.82) is 0 Å². The van der Waals surface area contributed by atoms with Crippen LogP contribution in [0.1, 0.15) is 11.3 Å². The van der Waals surface area contributed by atoms with E-state index in [4.69, 9.17) is 0 Å². The van der Waals surface area contributed by atoms with Crippen LogP contribution in [0.5, 0.6) is 0 Å². The van der Waals surface area contributed by atoms with Crippen LogP contribution >= 0.6 is 11.3 Å². The molecule has 1 unspecified atom stereocenters. The van der Waals surface area contributed by atoms with Gasteiger partial charge in [0.2, 0.25) is 5.91 Å². The number of nitrogens with zero attached hydrogens (tertiary/aromatic N) is 2. The summed E-state index contributed by atoms with van der Waals surface area (Å²) in [5.74, 6) is 0.554. The first-order chi connectivity index (χ1) is 6.79. The summed E-state index contributed by atoms with van der Waals surface area (Å²) in [4.78, 5) is 18.5. The van der Waals surface area contributed by atoms with Crippen LogP contribution in [0, 0.1) is 5.92 Å². The van der Waals surface area contributed by atoms with E-state index < -0.39 is 0 Å². The second-order valence-electron chi connectivity index (χ2n) is 3.44. The predicted molar refractivity (Wildman–Crippen MR) is 55.8 cm³/mol. The number of amides is 1. The van der Waals surface area contributed by atoms with Crippen molar-refractivity contribution in [2.45, 2.75) is 13.0 Å². The molecule has 1 aromatic rings. The van der Waals surface area contributed by atoms with Crippen molar-refractivity contribution in [3.8, 4) is 0 Å². The van der Waals surface area contributed by atoms with Crippen LogP contribution in [0.2, 0.25) is 0 Å². The molecule has 0 radical (unpaired) electrons.